The van der Waals surface area contributed by atoms with Crippen LogP contribution in [0.5, 0.6) is 5.75 Å². The average Bonchev–Trinajstić information content (AvgIpc) is 2.52. The van der Waals surface area contributed by atoms with E-state index >= 15 is 0 Å². The Hall–Kier alpha value is -2.56. The fourth-order valence-corrected chi connectivity index (χ4v) is 3.05. The number of benzene rings is 2. The van der Waals surface area contributed by atoms with Crippen molar-refractivity contribution in [2.24, 2.45) is 0 Å². The zero-order valence-electron chi connectivity index (χ0n) is 11.8. The molecule has 0 amide bonds. The summed E-state index contributed by atoms with van der Waals surface area (Å²) in [6, 6.07) is 3.78. The molecule has 2 aromatic carbocycles. The average molecular weight is 368 g/mol. The van der Waals surface area contributed by atoms with Crippen molar-refractivity contribution in [2.45, 2.75) is 4.90 Å². The maximum atomic E-state index is 13.7. The van der Waals surface area contributed by atoms with Gasteiger partial charge in [-0.05, 0) is 12.1 Å². The second-order valence-electron chi connectivity index (χ2n) is 4.43. The van der Waals surface area contributed by atoms with Crippen LogP contribution in [0.4, 0.5) is 33.3 Å². The van der Waals surface area contributed by atoms with Crippen molar-refractivity contribution in [3.63, 3.8) is 0 Å². The van der Waals surface area contributed by atoms with Gasteiger partial charge in [0.05, 0.1) is 18.5 Å². The molecule has 0 atom stereocenters. The summed E-state index contributed by atoms with van der Waals surface area (Å²) in [5.41, 5.74) is 4.99. The third-order valence-electron chi connectivity index (χ3n) is 2.97. The number of nitrogens with two attached hydrogens (primary N) is 1. The van der Waals surface area contributed by atoms with Gasteiger partial charge in [-0.2, -0.15) is 0 Å². The Balaban J connectivity index is 2.62. The van der Waals surface area contributed by atoms with Crippen molar-refractivity contribution >= 4 is 21.4 Å². The summed E-state index contributed by atoms with van der Waals surface area (Å²) in [6.45, 7) is 0. The minimum atomic E-state index is -5.17. The van der Waals surface area contributed by atoms with Gasteiger partial charge in [-0.15, -0.1) is 0 Å². The number of hydrogen-bond acceptors (Lipinski definition) is 4. The van der Waals surface area contributed by atoms with Crippen LogP contribution in [0.3, 0.4) is 0 Å². The van der Waals surface area contributed by atoms with Crippen LogP contribution in [-0.2, 0) is 10.0 Å². The van der Waals surface area contributed by atoms with Crippen molar-refractivity contribution in [1.82, 2.24) is 0 Å². The van der Waals surface area contributed by atoms with E-state index in [-0.39, 0.29) is 17.1 Å². The lowest BCUT2D eigenvalue weighted by Crippen LogP contribution is -2.20. The molecular formula is C13H9F5N2O3S. The van der Waals surface area contributed by atoms with Crippen molar-refractivity contribution in [1.29, 1.82) is 0 Å². The van der Waals surface area contributed by atoms with Gasteiger partial charge in [-0.1, -0.05) is 6.07 Å². The fraction of sp³-hybridized carbons (Fsp3) is 0.0769. The second-order valence-corrected chi connectivity index (χ2v) is 6.05. The number of hydrogen-bond donors (Lipinski definition) is 2. The Bertz CT molecular complexity index is 889. The minimum absolute atomic E-state index is 0.0348. The number of sulfonamides is 1. The number of nitrogens with one attached hydrogen (secondary N) is 1. The number of methoxy groups -OCH3 is 1. The van der Waals surface area contributed by atoms with E-state index in [9.17, 15) is 30.4 Å². The van der Waals surface area contributed by atoms with Crippen LogP contribution in [-0.4, -0.2) is 15.5 Å². The lowest BCUT2D eigenvalue weighted by Gasteiger charge is -2.14. The van der Waals surface area contributed by atoms with E-state index in [4.69, 9.17) is 10.5 Å². The second kappa shape index (κ2) is 6.15. The first-order valence-electron chi connectivity index (χ1n) is 6.08. The number of para-hydroxylation sites is 1. The van der Waals surface area contributed by atoms with E-state index < -0.39 is 44.0 Å². The quantitative estimate of drug-likeness (QED) is 0.376. The molecule has 0 fully saturated rings. The van der Waals surface area contributed by atoms with Gasteiger partial charge in [0, 0.05) is 0 Å². The molecule has 0 aromatic heterocycles. The van der Waals surface area contributed by atoms with Gasteiger partial charge in [0.25, 0.3) is 10.0 Å². The first-order chi connectivity index (χ1) is 11.1. The number of anilines is 2. The summed E-state index contributed by atoms with van der Waals surface area (Å²) in [4.78, 5) is -2.01. The molecule has 0 saturated carbocycles. The van der Waals surface area contributed by atoms with E-state index in [2.05, 4.69) is 0 Å². The zero-order valence-corrected chi connectivity index (χ0v) is 12.6. The van der Waals surface area contributed by atoms with E-state index in [0.29, 0.717) is 0 Å². The van der Waals surface area contributed by atoms with Gasteiger partial charge in [0.1, 0.15) is 5.75 Å². The largest absolute Gasteiger partial charge is 0.495 e. The van der Waals surface area contributed by atoms with Crippen LogP contribution in [0.25, 0.3) is 0 Å². The van der Waals surface area contributed by atoms with Gasteiger partial charge in [0.15, 0.2) is 28.2 Å². The van der Waals surface area contributed by atoms with Crippen LogP contribution >= 0.6 is 0 Å². The summed E-state index contributed by atoms with van der Waals surface area (Å²) in [5, 5.41) is 0. The molecule has 0 aliphatic carbocycles. The minimum Gasteiger partial charge on any atom is -0.495 e. The van der Waals surface area contributed by atoms with Crippen molar-refractivity contribution in [2.75, 3.05) is 17.6 Å². The van der Waals surface area contributed by atoms with E-state index in [0.717, 1.165) is 6.07 Å². The highest BCUT2D eigenvalue weighted by atomic mass is 32.2. The van der Waals surface area contributed by atoms with Crippen molar-refractivity contribution in [3.05, 3.63) is 47.3 Å². The van der Waals surface area contributed by atoms with Crippen LogP contribution in [0.1, 0.15) is 0 Å². The molecule has 0 aliphatic heterocycles. The molecule has 0 radical (unpaired) electrons. The maximum absolute atomic E-state index is 13.7. The smallest absolute Gasteiger partial charge is 0.268 e. The van der Waals surface area contributed by atoms with Gasteiger partial charge < -0.3 is 10.5 Å². The van der Waals surface area contributed by atoms with Gasteiger partial charge in [0.2, 0.25) is 5.82 Å². The topological polar surface area (TPSA) is 81.4 Å². The summed E-state index contributed by atoms with van der Waals surface area (Å²) in [6.07, 6.45) is 0. The molecule has 0 saturated heterocycles. The summed E-state index contributed by atoms with van der Waals surface area (Å²) < 4.78 is 97.3. The Kier molecular flexibility index (Phi) is 4.56. The first-order valence-corrected chi connectivity index (χ1v) is 7.56. The summed E-state index contributed by atoms with van der Waals surface area (Å²) in [5.74, 6) is -12.2. The van der Waals surface area contributed by atoms with Crippen LogP contribution in [0, 0.1) is 29.1 Å². The highest BCUT2D eigenvalue weighted by molar-refractivity contribution is 7.92. The highest BCUT2D eigenvalue weighted by Gasteiger charge is 2.34. The molecule has 5 nitrogen and oxygen atoms in total. The lowest BCUT2D eigenvalue weighted by atomic mass is 10.2. The van der Waals surface area contributed by atoms with Crippen LogP contribution < -0.4 is 15.2 Å². The Morgan fingerprint density at radius 2 is 1.46 bits per heavy atom. The predicted molar refractivity (Wildman–Crippen MR) is 74.4 cm³/mol. The molecule has 130 valence electrons. The predicted octanol–water partition coefficient (Wildman–Crippen LogP) is 2.77. The van der Waals surface area contributed by atoms with Crippen molar-refractivity contribution in [3.8, 4) is 5.75 Å². The number of nitrogen functional groups attached to an aromatic ring is 1. The van der Waals surface area contributed by atoms with E-state index in [1.54, 1.807) is 4.72 Å². The number of halogens is 5. The van der Waals surface area contributed by atoms with Crippen molar-refractivity contribution < 1.29 is 35.1 Å². The normalized spacial score (nSPS) is 11.4. The molecule has 3 N–H and O–H groups in total. The Morgan fingerprint density at radius 3 is 1.96 bits per heavy atom. The first kappa shape index (κ1) is 17.8. The summed E-state index contributed by atoms with van der Waals surface area (Å²) in [7, 11) is -3.94. The standard InChI is InChI=1S/C13H9F5N2O3S/c1-23-6-4-2-3-5(12(6)19)20-24(21,22)13-10(17)8(15)7(14)9(16)11(13)18/h2-4,20H,19H2,1H3. The molecule has 2 aromatic rings. The molecule has 0 bridgehead atoms. The molecule has 0 spiro atoms. The molecular weight excluding hydrogens is 359 g/mol. The lowest BCUT2D eigenvalue weighted by molar-refractivity contribution is 0.358. The zero-order chi connectivity index (χ0) is 18.2. The van der Waals surface area contributed by atoms with Crippen LogP contribution in [0.2, 0.25) is 0 Å². The highest BCUT2D eigenvalue weighted by Crippen LogP contribution is 2.33. The molecule has 11 heteroatoms. The molecule has 0 unspecified atom stereocenters. The van der Waals surface area contributed by atoms with E-state index in [1.807, 2.05) is 0 Å². The van der Waals surface area contributed by atoms with Gasteiger partial charge >= 0.3 is 0 Å². The molecule has 0 aliphatic rings. The maximum Gasteiger partial charge on any atom is 0.268 e. The third kappa shape index (κ3) is 2.82. The van der Waals surface area contributed by atoms with Crippen LogP contribution in [0.15, 0.2) is 23.1 Å². The SMILES string of the molecule is COc1cccc(NS(=O)(=O)c2c(F)c(F)c(F)c(F)c2F)c1N. The van der Waals surface area contributed by atoms with Gasteiger partial charge in [-0.25, -0.2) is 30.4 Å². The fourth-order valence-electron chi connectivity index (χ4n) is 1.83. The molecule has 24 heavy (non-hydrogen) atoms. The summed E-state index contributed by atoms with van der Waals surface area (Å²) >= 11 is 0. The number of ether oxygens (including phenoxy) is 1. The molecule has 0 heterocycles. The van der Waals surface area contributed by atoms with E-state index in [1.165, 1.54) is 19.2 Å². The Morgan fingerprint density at radius 1 is 0.958 bits per heavy atom. The molecule has 2 rings (SSSR count). The third-order valence-corrected chi connectivity index (χ3v) is 4.35. The Labute approximate surface area is 132 Å². The number of rotatable bonds is 4. The van der Waals surface area contributed by atoms with Gasteiger partial charge in [-0.3, -0.25) is 4.72 Å². The monoisotopic (exact) mass is 368 g/mol.